The summed E-state index contributed by atoms with van der Waals surface area (Å²) in [6.45, 7) is 3.69. The summed E-state index contributed by atoms with van der Waals surface area (Å²) in [5.41, 5.74) is -0.777. The van der Waals surface area contributed by atoms with Crippen molar-refractivity contribution in [1.82, 2.24) is 10.2 Å². The number of hydrogen-bond acceptors (Lipinski definition) is 3. The maximum Gasteiger partial charge on any atom is 0.248 e. The number of amides is 2. The molecule has 96 valence electrons. The van der Waals surface area contributed by atoms with Crippen LogP contribution in [0.25, 0.3) is 0 Å². The van der Waals surface area contributed by atoms with Crippen molar-refractivity contribution in [3.8, 4) is 0 Å². The zero-order valence-corrected chi connectivity index (χ0v) is 10.7. The van der Waals surface area contributed by atoms with Crippen molar-refractivity contribution in [3.05, 3.63) is 0 Å². The number of hydrogen-bond donors (Lipinski definition) is 1. The van der Waals surface area contributed by atoms with Gasteiger partial charge in [0.15, 0.2) is 0 Å². The fourth-order valence-electron chi connectivity index (χ4n) is 2.74. The van der Waals surface area contributed by atoms with Crippen LogP contribution in [0.4, 0.5) is 0 Å². The molecule has 2 atom stereocenters. The molecule has 5 nitrogen and oxygen atoms in total. The average molecular weight is 240 g/mol. The molecule has 2 fully saturated rings. The molecule has 0 bridgehead atoms. The zero-order chi connectivity index (χ0) is 12.6. The number of ether oxygens (including phenoxy) is 1. The third-order valence-corrected chi connectivity index (χ3v) is 3.69. The van der Waals surface area contributed by atoms with Gasteiger partial charge in [-0.3, -0.25) is 9.59 Å². The van der Waals surface area contributed by atoms with Gasteiger partial charge in [0.2, 0.25) is 11.8 Å². The van der Waals surface area contributed by atoms with Gasteiger partial charge < -0.3 is 15.0 Å². The quantitative estimate of drug-likeness (QED) is 0.755. The molecule has 1 N–H and O–H groups in total. The molecule has 2 aliphatic rings. The molecular weight excluding hydrogens is 220 g/mol. The monoisotopic (exact) mass is 240 g/mol. The van der Waals surface area contributed by atoms with E-state index in [2.05, 4.69) is 5.32 Å². The van der Waals surface area contributed by atoms with Crippen LogP contribution >= 0.6 is 0 Å². The molecule has 1 saturated carbocycles. The maximum atomic E-state index is 12.2. The molecule has 2 amide bonds. The van der Waals surface area contributed by atoms with Crippen LogP contribution in [-0.4, -0.2) is 48.1 Å². The SMILES string of the molecule is COC1CCC(N2CC(=O)NC(C)(C)C2=O)C1. The molecule has 1 heterocycles. The van der Waals surface area contributed by atoms with Crippen molar-refractivity contribution in [2.75, 3.05) is 13.7 Å². The lowest BCUT2D eigenvalue weighted by molar-refractivity contribution is -0.150. The minimum atomic E-state index is -0.777. The first kappa shape index (κ1) is 12.4. The Kier molecular flexibility index (Phi) is 3.12. The highest BCUT2D eigenvalue weighted by Gasteiger charge is 2.43. The second-order valence-electron chi connectivity index (χ2n) is 5.43. The van der Waals surface area contributed by atoms with Crippen LogP contribution in [0, 0.1) is 0 Å². The Morgan fingerprint density at radius 1 is 1.35 bits per heavy atom. The molecule has 2 unspecified atom stereocenters. The van der Waals surface area contributed by atoms with E-state index < -0.39 is 5.54 Å². The zero-order valence-electron chi connectivity index (χ0n) is 10.7. The molecule has 0 radical (unpaired) electrons. The summed E-state index contributed by atoms with van der Waals surface area (Å²) in [6.07, 6.45) is 2.95. The highest BCUT2D eigenvalue weighted by molar-refractivity contribution is 5.97. The average Bonchev–Trinajstić information content (AvgIpc) is 2.71. The number of piperazine rings is 1. The lowest BCUT2D eigenvalue weighted by atomic mass is 9.98. The molecular formula is C12H20N2O3. The number of rotatable bonds is 2. The van der Waals surface area contributed by atoms with Crippen LogP contribution in [0.15, 0.2) is 0 Å². The van der Waals surface area contributed by atoms with Gasteiger partial charge in [0.1, 0.15) is 5.54 Å². The molecule has 5 heteroatoms. The number of nitrogens with zero attached hydrogens (tertiary/aromatic N) is 1. The van der Waals surface area contributed by atoms with E-state index in [0.29, 0.717) is 0 Å². The molecule has 17 heavy (non-hydrogen) atoms. The summed E-state index contributed by atoms with van der Waals surface area (Å²) in [4.78, 5) is 25.6. The molecule has 1 aliphatic carbocycles. The molecule has 1 aliphatic heterocycles. The summed E-state index contributed by atoms with van der Waals surface area (Å²) in [5, 5.41) is 2.72. The molecule has 1 saturated heterocycles. The van der Waals surface area contributed by atoms with Gasteiger partial charge in [0.25, 0.3) is 0 Å². The number of nitrogens with one attached hydrogen (secondary N) is 1. The standard InChI is InChI=1S/C12H20N2O3/c1-12(2)11(16)14(7-10(15)13-12)8-4-5-9(6-8)17-3/h8-9H,4-7H2,1-3H3,(H,13,15). The summed E-state index contributed by atoms with van der Waals surface area (Å²) in [6, 6.07) is 0.151. The van der Waals surface area contributed by atoms with Crippen LogP contribution in [-0.2, 0) is 14.3 Å². The Labute approximate surface area is 101 Å². The van der Waals surface area contributed by atoms with Crippen molar-refractivity contribution in [2.24, 2.45) is 0 Å². The van der Waals surface area contributed by atoms with Crippen molar-refractivity contribution >= 4 is 11.8 Å². The topological polar surface area (TPSA) is 58.6 Å². The van der Waals surface area contributed by atoms with Crippen molar-refractivity contribution in [2.45, 2.75) is 50.8 Å². The predicted octanol–water partition coefficient (Wildman–Crippen LogP) is 0.291. The molecule has 0 aromatic rings. The summed E-state index contributed by atoms with van der Waals surface area (Å²) in [7, 11) is 1.70. The van der Waals surface area contributed by atoms with Gasteiger partial charge in [0.05, 0.1) is 12.6 Å². The largest absolute Gasteiger partial charge is 0.381 e. The van der Waals surface area contributed by atoms with Crippen LogP contribution in [0.3, 0.4) is 0 Å². The minimum Gasteiger partial charge on any atom is -0.381 e. The lowest BCUT2D eigenvalue weighted by Gasteiger charge is -2.40. The lowest BCUT2D eigenvalue weighted by Crippen LogP contribution is -2.65. The van der Waals surface area contributed by atoms with E-state index in [-0.39, 0.29) is 30.5 Å². The van der Waals surface area contributed by atoms with E-state index in [9.17, 15) is 9.59 Å². The van der Waals surface area contributed by atoms with Crippen LogP contribution in [0.2, 0.25) is 0 Å². The number of carbonyl (C=O) groups is 2. The van der Waals surface area contributed by atoms with Crippen LogP contribution in [0.1, 0.15) is 33.1 Å². The second kappa shape index (κ2) is 4.29. The van der Waals surface area contributed by atoms with Crippen molar-refractivity contribution in [1.29, 1.82) is 0 Å². The highest BCUT2D eigenvalue weighted by Crippen LogP contribution is 2.28. The van der Waals surface area contributed by atoms with Crippen LogP contribution in [0.5, 0.6) is 0 Å². The first-order chi connectivity index (χ1) is 7.94. The number of methoxy groups -OCH3 is 1. The summed E-state index contributed by atoms with van der Waals surface area (Å²) < 4.78 is 5.31. The number of carbonyl (C=O) groups excluding carboxylic acids is 2. The normalized spacial score (nSPS) is 32.8. The molecule has 0 spiro atoms. The van der Waals surface area contributed by atoms with Crippen LogP contribution < -0.4 is 5.32 Å². The van der Waals surface area contributed by atoms with Gasteiger partial charge in [-0.2, -0.15) is 0 Å². The van der Waals surface area contributed by atoms with E-state index >= 15 is 0 Å². The van der Waals surface area contributed by atoms with Gasteiger partial charge in [0, 0.05) is 13.2 Å². The summed E-state index contributed by atoms with van der Waals surface area (Å²) >= 11 is 0. The Balaban J connectivity index is 2.10. The first-order valence-corrected chi connectivity index (χ1v) is 6.09. The van der Waals surface area contributed by atoms with E-state index in [1.165, 1.54) is 0 Å². The molecule has 2 rings (SSSR count). The smallest absolute Gasteiger partial charge is 0.248 e. The molecule has 0 aromatic heterocycles. The van der Waals surface area contributed by atoms with Crippen molar-refractivity contribution < 1.29 is 14.3 Å². The highest BCUT2D eigenvalue weighted by atomic mass is 16.5. The van der Waals surface area contributed by atoms with Gasteiger partial charge in [-0.05, 0) is 33.1 Å². The summed E-state index contributed by atoms with van der Waals surface area (Å²) in [5.74, 6) is -0.0608. The fraction of sp³-hybridized carbons (Fsp3) is 0.833. The Morgan fingerprint density at radius 3 is 2.65 bits per heavy atom. The third-order valence-electron chi connectivity index (χ3n) is 3.69. The van der Waals surface area contributed by atoms with E-state index in [1.807, 2.05) is 0 Å². The third kappa shape index (κ3) is 2.29. The van der Waals surface area contributed by atoms with E-state index in [1.54, 1.807) is 25.9 Å². The maximum absolute atomic E-state index is 12.2. The fourth-order valence-corrected chi connectivity index (χ4v) is 2.74. The Bertz CT molecular complexity index is 341. The molecule has 0 aromatic carbocycles. The van der Waals surface area contributed by atoms with Gasteiger partial charge in [-0.25, -0.2) is 0 Å². The van der Waals surface area contributed by atoms with E-state index in [0.717, 1.165) is 19.3 Å². The van der Waals surface area contributed by atoms with Crippen molar-refractivity contribution in [3.63, 3.8) is 0 Å². The minimum absolute atomic E-state index is 0.0128. The van der Waals surface area contributed by atoms with Gasteiger partial charge in [-0.15, -0.1) is 0 Å². The van der Waals surface area contributed by atoms with Gasteiger partial charge in [-0.1, -0.05) is 0 Å². The Morgan fingerprint density at radius 2 is 2.06 bits per heavy atom. The van der Waals surface area contributed by atoms with Gasteiger partial charge >= 0.3 is 0 Å². The van der Waals surface area contributed by atoms with E-state index in [4.69, 9.17) is 4.74 Å². The second-order valence-corrected chi connectivity index (χ2v) is 5.43. The predicted molar refractivity (Wildman–Crippen MR) is 62.4 cm³/mol. The first-order valence-electron chi connectivity index (χ1n) is 6.09. The Hall–Kier alpha value is -1.10.